The Bertz CT molecular complexity index is 663. The van der Waals surface area contributed by atoms with Crippen molar-refractivity contribution in [3.8, 4) is 5.75 Å². The Morgan fingerprint density at radius 2 is 0.900 bits per heavy atom. The van der Waals surface area contributed by atoms with Crippen LogP contribution in [0.15, 0.2) is 30.3 Å². The fraction of sp³-hybridized carbons (Fsp3) is 0.333. The smallest absolute Gasteiger partial charge is 0.497 e. The number of hydrogen-bond donors (Lipinski definition) is 7. The average Bonchev–Trinajstić information content (AvgIpc) is 2.36. The Morgan fingerprint density at radius 3 is 1.00 bits per heavy atom. The van der Waals surface area contributed by atoms with Crippen LogP contribution in [0.1, 0.15) is 0 Å². The normalized spacial score (nSPS) is 9.77. The van der Waals surface area contributed by atoms with Crippen LogP contribution in [0.25, 0.3) is 0 Å². The van der Waals surface area contributed by atoms with Crippen LogP contribution in [-0.4, -0.2) is 44.1 Å². The number of ether oxygens (including phenoxy) is 1. The molecule has 0 fully saturated rings. The monoisotopic (exact) mass is 685 g/mol. The molecule has 0 aliphatic heterocycles. The van der Waals surface area contributed by atoms with E-state index in [0.29, 0.717) is 0 Å². The van der Waals surface area contributed by atoms with Crippen LogP contribution in [-0.2, 0) is 40.0 Å². The zero-order valence-electron chi connectivity index (χ0n) is 15.3. The number of methoxy groups -OCH3 is 1. The number of para-hydroxylation sites is 1. The SMILES string of the molecule is COc1ccccc1.N.N.N.N.N.O=S(=O)(O)C(F)(F)F.O=S(=O)(O)C(F)(F)F.[Os]. The first-order chi connectivity index (χ1) is 10.4. The maximum atomic E-state index is 10.7. The van der Waals surface area contributed by atoms with E-state index in [1.807, 2.05) is 30.3 Å². The predicted octanol–water partition coefficient (Wildman–Crippen LogP) is 3.29. The van der Waals surface area contributed by atoms with Crippen LogP contribution in [0.2, 0.25) is 0 Å². The molecule has 1 rings (SSSR count). The number of rotatable bonds is 1. The van der Waals surface area contributed by atoms with Crippen molar-refractivity contribution in [3.63, 3.8) is 0 Å². The summed E-state index contributed by atoms with van der Waals surface area (Å²) in [6.07, 6.45) is 0. The van der Waals surface area contributed by atoms with Crippen LogP contribution in [0.5, 0.6) is 5.75 Å². The second kappa shape index (κ2) is 19.8. The van der Waals surface area contributed by atoms with Gasteiger partial charge in [-0.1, -0.05) is 18.2 Å². The Morgan fingerprint density at radius 1 is 0.700 bits per heavy atom. The molecule has 0 heterocycles. The average molecular weight is 684 g/mol. The zero-order valence-corrected chi connectivity index (χ0v) is 19.5. The van der Waals surface area contributed by atoms with Gasteiger partial charge in [-0.05, 0) is 12.1 Å². The maximum Gasteiger partial charge on any atom is 0.522 e. The van der Waals surface area contributed by atoms with Gasteiger partial charge in [0.05, 0.1) is 7.11 Å². The Balaban J connectivity index is -0.0000000367. The Kier molecular flexibility index (Phi) is 34.0. The molecule has 1 aromatic rings. The summed E-state index contributed by atoms with van der Waals surface area (Å²) in [5.41, 5.74) is -11.1. The summed E-state index contributed by atoms with van der Waals surface area (Å²) in [5, 5.41) is 0. The summed E-state index contributed by atoms with van der Waals surface area (Å²) in [5.74, 6) is 0.910. The molecular weight excluding hydrogens is 658 g/mol. The number of benzene rings is 1. The van der Waals surface area contributed by atoms with Gasteiger partial charge in [-0.15, -0.1) is 0 Å². The van der Waals surface area contributed by atoms with E-state index in [2.05, 4.69) is 0 Å². The molecule has 190 valence electrons. The minimum absolute atomic E-state index is 0. The molecule has 0 saturated carbocycles. The summed E-state index contributed by atoms with van der Waals surface area (Å²) in [6.45, 7) is 0. The van der Waals surface area contributed by atoms with Crippen LogP contribution in [0.3, 0.4) is 0 Å². The minimum atomic E-state index is -5.84. The van der Waals surface area contributed by atoms with Gasteiger partial charge in [-0.2, -0.15) is 43.2 Å². The van der Waals surface area contributed by atoms with Crippen molar-refractivity contribution in [1.82, 2.24) is 30.8 Å². The first kappa shape index (κ1) is 51.5. The van der Waals surface area contributed by atoms with Gasteiger partial charge >= 0.3 is 31.3 Å². The molecule has 30 heavy (non-hydrogen) atoms. The van der Waals surface area contributed by atoms with Gasteiger partial charge in [-0.3, -0.25) is 9.11 Å². The Hall–Kier alpha value is -1.14. The number of alkyl halides is 6. The largest absolute Gasteiger partial charge is 0.522 e. The fourth-order valence-corrected chi connectivity index (χ4v) is 0.557. The third-order valence-corrected chi connectivity index (χ3v) is 2.73. The van der Waals surface area contributed by atoms with E-state index in [1.54, 1.807) is 7.11 Å². The molecule has 0 radical (unpaired) electrons. The summed E-state index contributed by atoms with van der Waals surface area (Å²) in [7, 11) is -10.0. The van der Waals surface area contributed by atoms with Crippen LogP contribution < -0.4 is 35.5 Å². The zero-order chi connectivity index (χ0) is 19.8. The summed E-state index contributed by atoms with van der Waals surface area (Å²) in [4.78, 5) is 0. The van der Waals surface area contributed by atoms with Gasteiger partial charge in [-0.25, -0.2) is 0 Å². The van der Waals surface area contributed by atoms with E-state index in [9.17, 15) is 26.3 Å². The molecule has 17 N–H and O–H groups in total. The summed E-state index contributed by atoms with van der Waals surface area (Å²) < 4.78 is 120. The van der Waals surface area contributed by atoms with E-state index in [0.717, 1.165) is 5.75 Å². The van der Waals surface area contributed by atoms with Crippen molar-refractivity contribution >= 4 is 20.2 Å². The molecule has 21 heteroatoms. The molecule has 0 unspecified atom stereocenters. The van der Waals surface area contributed by atoms with Crippen molar-refractivity contribution in [2.24, 2.45) is 0 Å². The van der Waals surface area contributed by atoms with Crippen molar-refractivity contribution in [3.05, 3.63) is 30.3 Å². The van der Waals surface area contributed by atoms with Crippen LogP contribution in [0, 0.1) is 0 Å². The molecule has 0 amide bonds. The molecule has 0 spiro atoms. The molecule has 0 bridgehead atoms. The van der Waals surface area contributed by atoms with Gasteiger partial charge in [0.15, 0.2) is 0 Å². The van der Waals surface area contributed by atoms with Gasteiger partial charge in [0.25, 0.3) is 0 Å². The maximum absolute atomic E-state index is 10.7. The van der Waals surface area contributed by atoms with Gasteiger partial charge in [0.1, 0.15) is 5.75 Å². The van der Waals surface area contributed by atoms with Crippen molar-refractivity contribution in [1.29, 1.82) is 0 Å². The van der Waals surface area contributed by atoms with Crippen molar-refractivity contribution in [2.45, 2.75) is 11.0 Å². The summed E-state index contributed by atoms with van der Waals surface area (Å²) >= 11 is 0. The molecule has 0 aliphatic rings. The molecular formula is C9H25F6N5O7OsS2. The molecule has 1 aromatic carbocycles. The standard InChI is InChI=1S/C7H8O.2CHF3O3S.5H3N.Os/c1-8-7-5-3-2-4-6-7;2*2-1(3,4)8(5,6)7;;;;;;/h2-6H,1H3;2*(H,5,6,7);5*1H3;. The second-order valence-corrected chi connectivity index (χ2v) is 6.18. The molecule has 0 aliphatic carbocycles. The Labute approximate surface area is 182 Å². The van der Waals surface area contributed by atoms with E-state index < -0.39 is 31.3 Å². The first-order valence-corrected chi connectivity index (χ1v) is 7.98. The fourth-order valence-electron chi connectivity index (χ4n) is 0.557. The quantitative estimate of drug-likeness (QED) is 0.127. The van der Waals surface area contributed by atoms with Crippen molar-refractivity contribution in [2.75, 3.05) is 7.11 Å². The first-order valence-electron chi connectivity index (χ1n) is 5.10. The van der Waals surface area contributed by atoms with Gasteiger partial charge in [0, 0.05) is 19.8 Å². The number of halogens is 6. The predicted molar refractivity (Wildman–Crippen MR) is 93.3 cm³/mol. The third-order valence-electron chi connectivity index (χ3n) is 1.56. The van der Waals surface area contributed by atoms with Crippen LogP contribution in [0.4, 0.5) is 26.3 Å². The molecule has 0 atom stereocenters. The van der Waals surface area contributed by atoms with Gasteiger partial charge in [0.2, 0.25) is 0 Å². The van der Waals surface area contributed by atoms with E-state index >= 15 is 0 Å². The summed E-state index contributed by atoms with van der Waals surface area (Å²) in [6, 6.07) is 9.68. The molecule has 0 aromatic heterocycles. The second-order valence-electron chi connectivity index (χ2n) is 3.36. The number of hydrogen-bond acceptors (Lipinski definition) is 10. The molecule has 0 saturated heterocycles. The van der Waals surface area contributed by atoms with Gasteiger partial charge < -0.3 is 35.5 Å². The molecule has 12 nitrogen and oxygen atoms in total. The van der Waals surface area contributed by atoms with Crippen molar-refractivity contribution < 1.29 is 76.8 Å². The van der Waals surface area contributed by atoms with E-state index in [4.69, 9.17) is 30.7 Å². The third kappa shape index (κ3) is 24.9. The topological polar surface area (TPSA) is 293 Å². The minimum Gasteiger partial charge on any atom is -0.497 e. The van der Waals surface area contributed by atoms with E-state index in [1.165, 1.54) is 0 Å². The van der Waals surface area contributed by atoms with Crippen LogP contribution >= 0.6 is 0 Å². The van der Waals surface area contributed by atoms with E-state index in [-0.39, 0.29) is 50.5 Å².